The van der Waals surface area contributed by atoms with Crippen LogP contribution in [0.2, 0.25) is 0 Å². The van der Waals surface area contributed by atoms with Crippen molar-refractivity contribution in [2.45, 2.75) is 25.1 Å². The molecule has 0 spiro atoms. The summed E-state index contributed by atoms with van der Waals surface area (Å²) in [6.45, 7) is 7.94. The van der Waals surface area contributed by atoms with Crippen LogP contribution in [-0.2, 0) is 17.8 Å². The molecule has 3 aliphatic rings. The topological polar surface area (TPSA) is 117 Å². The van der Waals surface area contributed by atoms with E-state index in [4.69, 9.17) is 19.7 Å². The van der Waals surface area contributed by atoms with E-state index in [1.807, 2.05) is 31.9 Å². The summed E-state index contributed by atoms with van der Waals surface area (Å²) in [5.41, 5.74) is 5.43. The molecule has 3 aliphatic heterocycles. The van der Waals surface area contributed by atoms with Gasteiger partial charge in [0, 0.05) is 63.8 Å². The van der Waals surface area contributed by atoms with Gasteiger partial charge in [0.15, 0.2) is 18.9 Å². The van der Waals surface area contributed by atoms with E-state index in [1.54, 1.807) is 15.6 Å². The van der Waals surface area contributed by atoms with Crippen molar-refractivity contribution >= 4 is 29.7 Å². The molecule has 2 saturated heterocycles. The SMILES string of the molecule is CN1CCN(Cc2ccc(-c3cnc(N4CCOC(Cn5nnc6ncc(C7C=N[N+](C)=C7)nc65)C4)nc3)cc2)CC1. The lowest BCUT2D eigenvalue weighted by atomic mass is 10.1. The van der Waals surface area contributed by atoms with Gasteiger partial charge in [-0.2, -0.15) is 0 Å². The number of fused-ring (bicyclic) bond motifs is 1. The number of nitrogens with zero attached hydrogens (tertiary/aromatic N) is 12. The van der Waals surface area contributed by atoms with E-state index in [2.05, 4.69) is 66.4 Å². The molecule has 0 amide bonds. The smallest absolute Gasteiger partial charge is 0.225 e. The van der Waals surface area contributed by atoms with Gasteiger partial charge in [0.1, 0.15) is 5.92 Å². The van der Waals surface area contributed by atoms with Gasteiger partial charge in [0.05, 0.1) is 37.4 Å². The van der Waals surface area contributed by atoms with Crippen LogP contribution in [0, 0.1) is 0 Å². The molecular weight excluding hydrogens is 532 g/mol. The third-order valence-electron chi connectivity index (χ3n) is 8.10. The molecule has 13 nitrogen and oxygen atoms in total. The molecule has 0 bridgehead atoms. The van der Waals surface area contributed by atoms with Crippen LogP contribution in [0.5, 0.6) is 0 Å². The highest BCUT2D eigenvalue weighted by molar-refractivity contribution is 5.89. The van der Waals surface area contributed by atoms with Gasteiger partial charge >= 0.3 is 0 Å². The van der Waals surface area contributed by atoms with E-state index >= 15 is 0 Å². The molecule has 0 saturated carbocycles. The third-order valence-corrected chi connectivity index (χ3v) is 8.10. The number of rotatable bonds is 7. The molecule has 0 radical (unpaired) electrons. The van der Waals surface area contributed by atoms with Crippen LogP contribution in [0.25, 0.3) is 22.4 Å². The van der Waals surface area contributed by atoms with E-state index in [-0.39, 0.29) is 12.0 Å². The zero-order valence-corrected chi connectivity index (χ0v) is 24.0. The van der Waals surface area contributed by atoms with Gasteiger partial charge in [0.2, 0.25) is 11.6 Å². The molecule has 0 N–H and O–H groups in total. The molecule has 2 atom stereocenters. The summed E-state index contributed by atoms with van der Waals surface area (Å²) in [6, 6.07) is 8.77. The van der Waals surface area contributed by atoms with Crippen molar-refractivity contribution < 1.29 is 9.42 Å². The molecule has 2 fully saturated rings. The average molecular weight is 568 g/mol. The maximum absolute atomic E-state index is 6.09. The van der Waals surface area contributed by atoms with Crippen molar-refractivity contribution in [1.82, 2.24) is 44.7 Å². The van der Waals surface area contributed by atoms with Gasteiger partial charge < -0.3 is 14.5 Å². The number of piperazine rings is 1. The van der Waals surface area contributed by atoms with Crippen LogP contribution in [0.3, 0.4) is 0 Å². The summed E-state index contributed by atoms with van der Waals surface area (Å²) < 4.78 is 9.63. The normalized spacial score (nSPS) is 21.8. The lowest BCUT2D eigenvalue weighted by molar-refractivity contribution is -0.494. The third kappa shape index (κ3) is 5.75. The molecule has 13 heteroatoms. The molecule has 4 aromatic rings. The first kappa shape index (κ1) is 26.7. The number of morpholine rings is 1. The summed E-state index contributed by atoms with van der Waals surface area (Å²) in [7, 11) is 4.08. The number of benzene rings is 1. The predicted octanol–water partition coefficient (Wildman–Crippen LogP) is 1.13. The van der Waals surface area contributed by atoms with Gasteiger partial charge in [-0.15, -0.1) is 5.10 Å². The maximum atomic E-state index is 6.09. The first-order chi connectivity index (χ1) is 20.6. The van der Waals surface area contributed by atoms with Gasteiger partial charge in [-0.05, 0) is 23.3 Å². The number of anilines is 1. The summed E-state index contributed by atoms with van der Waals surface area (Å²) in [5, 5.41) is 12.8. The molecule has 7 rings (SSSR count). The first-order valence-corrected chi connectivity index (χ1v) is 14.4. The summed E-state index contributed by atoms with van der Waals surface area (Å²) in [5.74, 6) is 0.682. The van der Waals surface area contributed by atoms with E-state index in [0.717, 1.165) is 56.1 Å². The lowest BCUT2D eigenvalue weighted by Crippen LogP contribution is -2.45. The summed E-state index contributed by atoms with van der Waals surface area (Å²) in [4.78, 5) is 25.7. The Bertz CT molecular complexity index is 1590. The van der Waals surface area contributed by atoms with Crippen molar-refractivity contribution in [2.75, 3.05) is 64.9 Å². The Morgan fingerprint density at radius 2 is 1.76 bits per heavy atom. The second kappa shape index (κ2) is 11.6. The number of hydrazone groups is 1. The van der Waals surface area contributed by atoms with E-state index < -0.39 is 0 Å². The number of ether oxygens (including phenoxy) is 1. The Hall–Kier alpha value is -4.20. The number of hydrogen-bond acceptors (Lipinski definition) is 11. The average Bonchev–Trinajstić information content (AvgIpc) is 3.64. The minimum absolute atomic E-state index is 0.0168. The highest BCUT2D eigenvalue weighted by atomic mass is 16.5. The second-order valence-electron chi connectivity index (χ2n) is 11.2. The summed E-state index contributed by atoms with van der Waals surface area (Å²) in [6.07, 6.45) is 9.27. The number of likely N-dealkylation sites (N-methyl/N-ethyl adjacent to an activating group) is 1. The Kier molecular flexibility index (Phi) is 7.36. The Labute approximate surface area is 244 Å². The molecule has 0 aliphatic carbocycles. The molecule has 2 unspecified atom stereocenters. The first-order valence-electron chi connectivity index (χ1n) is 14.4. The van der Waals surface area contributed by atoms with Gasteiger partial charge in [-0.25, -0.2) is 24.6 Å². The summed E-state index contributed by atoms with van der Waals surface area (Å²) >= 11 is 0. The van der Waals surface area contributed by atoms with E-state index in [0.29, 0.717) is 36.9 Å². The van der Waals surface area contributed by atoms with Gasteiger partial charge in [-0.3, -0.25) is 4.90 Å². The standard InChI is InChI=1S/C29H35N12O/c1-37-7-9-39(10-8-37)17-21-3-5-22(6-4-21)23-13-31-29(32-14-23)40-11-12-42-25(19-40)20-41-28-27(35-36-41)30-16-26(34-28)24-15-33-38(2)18-24/h3-6,13-16,18,24-25H,7-12,17,19-20H2,1-2H3/q+1. The Morgan fingerprint density at radius 1 is 0.952 bits per heavy atom. The molecule has 3 aromatic heterocycles. The highest BCUT2D eigenvalue weighted by Crippen LogP contribution is 2.22. The Balaban J connectivity index is 0.988. The fraction of sp³-hybridized carbons (Fsp3) is 0.448. The zero-order valence-electron chi connectivity index (χ0n) is 24.0. The minimum atomic E-state index is -0.115. The van der Waals surface area contributed by atoms with E-state index in [9.17, 15) is 0 Å². The largest absolute Gasteiger partial charge is 0.373 e. The van der Waals surface area contributed by atoms with E-state index in [1.165, 1.54) is 5.56 Å². The fourth-order valence-electron chi connectivity index (χ4n) is 5.60. The molecule has 1 aromatic carbocycles. The van der Waals surface area contributed by atoms with Crippen molar-refractivity contribution in [2.24, 2.45) is 5.10 Å². The van der Waals surface area contributed by atoms with Crippen LogP contribution >= 0.6 is 0 Å². The maximum Gasteiger partial charge on any atom is 0.225 e. The van der Waals surface area contributed by atoms with Crippen molar-refractivity contribution in [1.29, 1.82) is 0 Å². The molecule has 42 heavy (non-hydrogen) atoms. The van der Waals surface area contributed by atoms with Crippen LogP contribution < -0.4 is 4.90 Å². The monoisotopic (exact) mass is 567 g/mol. The fourth-order valence-corrected chi connectivity index (χ4v) is 5.60. The number of aromatic nitrogens is 7. The van der Waals surface area contributed by atoms with Crippen molar-refractivity contribution in [3.05, 3.63) is 54.1 Å². The number of hydrogen-bond donors (Lipinski definition) is 0. The Morgan fingerprint density at radius 3 is 2.52 bits per heavy atom. The molecule has 6 heterocycles. The van der Waals surface area contributed by atoms with Crippen molar-refractivity contribution in [3.63, 3.8) is 0 Å². The predicted molar refractivity (Wildman–Crippen MR) is 159 cm³/mol. The molecular formula is C29H35N12O+. The van der Waals surface area contributed by atoms with Crippen molar-refractivity contribution in [3.8, 4) is 11.1 Å². The molecule has 216 valence electrons. The van der Waals surface area contributed by atoms with Crippen LogP contribution in [0.1, 0.15) is 17.2 Å². The van der Waals surface area contributed by atoms with Gasteiger partial charge in [-0.1, -0.05) is 34.2 Å². The quantitative estimate of drug-likeness (QED) is 0.301. The van der Waals surface area contributed by atoms with Crippen LogP contribution in [0.4, 0.5) is 5.95 Å². The minimum Gasteiger partial charge on any atom is -0.373 e. The zero-order chi connectivity index (χ0) is 28.5. The lowest BCUT2D eigenvalue weighted by Gasteiger charge is -2.32. The van der Waals surface area contributed by atoms with Crippen LogP contribution in [0.15, 0.2) is 48.0 Å². The highest BCUT2D eigenvalue weighted by Gasteiger charge is 2.26. The second-order valence-corrected chi connectivity index (χ2v) is 11.2. The van der Waals surface area contributed by atoms with Crippen LogP contribution in [-0.4, -0.2) is 128 Å². The van der Waals surface area contributed by atoms with Gasteiger partial charge in [0.25, 0.3) is 0 Å².